The predicted molar refractivity (Wildman–Crippen MR) is 118 cm³/mol. The molecular formula is C23H36SSi. The van der Waals surface area contributed by atoms with E-state index in [2.05, 4.69) is 54.8 Å². The van der Waals surface area contributed by atoms with Crippen molar-refractivity contribution in [2.75, 3.05) is 0 Å². The van der Waals surface area contributed by atoms with Gasteiger partial charge in [-0.05, 0) is 24.3 Å². The summed E-state index contributed by atoms with van der Waals surface area (Å²) in [5.74, 6) is 0. The van der Waals surface area contributed by atoms with E-state index in [9.17, 15) is 0 Å². The van der Waals surface area contributed by atoms with Crippen LogP contribution in [0.25, 0.3) is 0 Å². The summed E-state index contributed by atoms with van der Waals surface area (Å²) in [5.41, 5.74) is 0. The minimum Gasteiger partial charge on any atom is -0.149 e. The van der Waals surface area contributed by atoms with E-state index in [0.29, 0.717) is 0 Å². The summed E-state index contributed by atoms with van der Waals surface area (Å²) in [6.07, 6.45) is 14.1. The lowest BCUT2D eigenvalue weighted by Crippen LogP contribution is -2.29. The van der Waals surface area contributed by atoms with Gasteiger partial charge >= 0.3 is 0 Å². The minimum atomic E-state index is -0.753. The van der Waals surface area contributed by atoms with Gasteiger partial charge in [-0.15, -0.1) is 11.3 Å². The molecule has 1 atom stereocenters. The fourth-order valence-corrected chi connectivity index (χ4v) is 7.73. The van der Waals surface area contributed by atoms with Crippen LogP contribution in [0.2, 0.25) is 12.1 Å². The number of unbranched alkanes of at least 4 members (excludes halogenated alkanes) is 7. The molecule has 25 heavy (non-hydrogen) atoms. The average molecular weight is 373 g/mol. The molecule has 0 nitrogen and oxygen atoms in total. The van der Waals surface area contributed by atoms with Gasteiger partial charge in [0.05, 0.1) is 8.80 Å². The molecule has 2 rings (SSSR count). The summed E-state index contributed by atoms with van der Waals surface area (Å²) in [6, 6.07) is 18.9. The molecule has 0 aliphatic carbocycles. The zero-order chi connectivity index (χ0) is 17.6. The quantitative estimate of drug-likeness (QED) is 0.248. The topological polar surface area (TPSA) is 0 Å². The standard InChI is InChI=1S/C23H36SSi/c1-2-3-4-5-6-12-20-25(23-17-10-7-11-18-23)21-13-8-9-15-22-16-14-19-24-22/h7,10-11,14,16-19,25H,2-6,8-9,12-13,15,20-21H2,1H3. The molecule has 0 amide bonds. The van der Waals surface area contributed by atoms with Crippen LogP contribution in [0, 0.1) is 0 Å². The predicted octanol–water partition coefficient (Wildman–Crippen LogP) is 6.96. The largest absolute Gasteiger partial charge is 0.149 e. The molecular weight excluding hydrogens is 336 g/mol. The second-order valence-corrected chi connectivity index (χ2v) is 11.6. The Balaban J connectivity index is 1.67. The second kappa shape index (κ2) is 13.4. The molecule has 2 aromatic rings. The van der Waals surface area contributed by atoms with Crippen LogP contribution in [0.4, 0.5) is 0 Å². The van der Waals surface area contributed by atoms with Gasteiger partial charge in [-0.25, -0.2) is 0 Å². The molecule has 0 fully saturated rings. The van der Waals surface area contributed by atoms with E-state index in [4.69, 9.17) is 0 Å². The van der Waals surface area contributed by atoms with E-state index >= 15 is 0 Å². The number of aryl methyl sites for hydroxylation is 1. The smallest absolute Gasteiger partial charge is 0.0708 e. The van der Waals surface area contributed by atoms with Crippen molar-refractivity contribution in [2.45, 2.75) is 83.2 Å². The van der Waals surface area contributed by atoms with Gasteiger partial charge in [0.15, 0.2) is 0 Å². The van der Waals surface area contributed by atoms with Gasteiger partial charge in [-0.1, -0.05) is 112 Å². The lowest BCUT2D eigenvalue weighted by Gasteiger charge is -2.16. The minimum absolute atomic E-state index is 0.753. The molecule has 1 heterocycles. The number of hydrogen-bond acceptors (Lipinski definition) is 1. The molecule has 0 radical (unpaired) electrons. The summed E-state index contributed by atoms with van der Waals surface area (Å²) < 4.78 is 0. The summed E-state index contributed by atoms with van der Waals surface area (Å²) in [4.78, 5) is 1.56. The van der Waals surface area contributed by atoms with Crippen molar-refractivity contribution in [3.8, 4) is 0 Å². The molecule has 0 saturated heterocycles. The molecule has 0 spiro atoms. The second-order valence-electron chi connectivity index (χ2n) is 7.34. The number of rotatable bonds is 14. The van der Waals surface area contributed by atoms with Gasteiger partial charge in [0.2, 0.25) is 0 Å². The normalized spacial score (nSPS) is 12.4. The van der Waals surface area contributed by atoms with E-state index < -0.39 is 8.80 Å². The van der Waals surface area contributed by atoms with Crippen LogP contribution >= 0.6 is 11.3 Å². The van der Waals surface area contributed by atoms with E-state index in [0.717, 1.165) is 0 Å². The third kappa shape index (κ3) is 8.87. The molecule has 1 aromatic carbocycles. The number of thiophene rings is 1. The highest BCUT2D eigenvalue weighted by molar-refractivity contribution is 7.09. The first kappa shape index (κ1) is 20.4. The first-order chi connectivity index (χ1) is 12.4. The molecule has 0 bridgehead atoms. The first-order valence-electron chi connectivity index (χ1n) is 10.5. The monoisotopic (exact) mass is 372 g/mol. The summed E-state index contributed by atoms with van der Waals surface area (Å²) >= 11 is 1.91. The molecule has 2 heteroatoms. The summed E-state index contributed by atoms with van der Waals surface area (Å²) in [5, 5.41) is 3.91. The van der Waals surface area contributed by atoms with Gasteiger partial charge in [-0.3, -0.25) is 0 Å². The first-order valence-corrected chi connectivity index (χ1v) is 13.6. The molecule has 0 N–H and O–H groups in total. The van der Waals surface area contributed by atoms with Crippen molar-refractivity contribution in [3.05, 3.63) is 52.7 Å². The zero-order valence-electron chi connectivity index (χ0n) is 16.1. The Bertz CT molecular complexity index is 520. The van der Waals surface area contributed by atoms with Crippen molar-refractivity contribution < 1.29 is 0 Å². The van der Waals surface area contributed by atoms with Crippen LogP contribution in [0.3, 0.4) is 0 Å². The van der Waals surface area contributed by atoms with Gasteiger partial charge in [0.1, 0.15) is 0 Å². The highest BCUT2D eigenvalue weighted by Crippen LogP contribution is 2.16. The molecule has 1 aromatic heterocycles. The molecule has 0 saturated carbocycles. The molecule has 0 aliphatic rings. The van der Waals surface area contributed by atoms with Gasteiger partial charge in [0, 0.05) is 4.88 Å². The van der Waals surface area contributed by atoms with Crippen LogP contribution in [0.1, 0.15) is 69.6 Å². The molecule has 138 valence electrons. The lowest BCUT2D eigenvalue weighted by atomic mass is 10.1. The van der Waals surface area contributed by atoms with Gasteiger partial charge in [-0.2, -0.15) is 0 Å². The SMILES string of the molecule is CCCCCCCC[SiH](CCCCCc1cccs1)c1ccccc1. The zero-order valence-corrected chi connectivity index (χ0v) is 18.1. The highest BCUT2D eigenvalue weighted by atomic mass is 32.1. The van der Waals surface area contributed by atoms with Crippen LogP contribution in [0.15, 0.2) is 47.8 Å². The van der Waals surface area contributed by atoms with E-state index in [1.165, 1.54) is 76.3 Å². The third-order valence-electron chi connectivity index (χ3n) is 5.23. The summed E-state index contributed by atoms with van der Waals surface area (Å²) in [6.45, 7) is 2.30. The fourth-order valence-electron chi connectivity index (χ4n) is 3.70. The van der Waals surface area contributed by atoms with Crippen molar-refractivity contribution in [1.82, 2.24) is 0 Å². The van der Waals surface area contributed by atoms with Gasteiger partial charge in [0.25, 0.3) is 0 Å². The van der Waals surface area contributed by atoms with E-state index in [1.807, 2.05) is 11.3 Å². The molecule has 1 unspecified atom stereocenters. The Hall–Kier alpha value is -0.863. The third-order valence-corrected chi connectivity index (χ3v) is 9.71. The van der Waals surface area contributed by atoms with Crippen molar-refractivity contribution in [3.63, 3.8) is 0 Å². The van der Waals surface area contributed by atoms with Crippen molar-refractivity contribution in [1.29, 1.82) is 0 Å². The van der Waals surface area contributed by atoms with E-state index in [1.54, 1.807) is 10.1 Å². The Morgan fingerprint density at radius 1 is 0.720 bits per heavy atom. The Labute approximate surface area is 161 Å². The van der Waals surface area contributed by atoms with Crippen molar-refractivity contribution in [2.24, 2.45) is 0 Å². The maximum atomic E-state index is 2.40. The Morgan fingerprint density at radius 2 is 1.40 bits per heavy atom. The summed E-state index contributed by atoms with van der Waals surface area (Å²) in [7, 11) is -0.753. The highest BCUT2D eigenvalue weighted by Gasteiger charge is 2.12. The van der Waals surface area contributed by atoms with Crippen LogP contribution in [0.5, 0.6) is 0 Å². The Kier molecular flexibility index (Phi) is 10.9. The number of benzene rings is 1. The fraction of sp³-hybridized carbons (Fsp3) is 0.565. The van der Waals surface area contributed by atoms with Crippen molar-refractivity contribution >= 4 is 25.3 Å². The number of hydrogen-bond donors (Lipinski definition) is 0. The lowest BCUT2D eigenvalue weighted by molar-refractivity contribution is 0.622. The average Bonchev–Trinajstić information content (AvgIpc) is 3.17. The Morgan fingerprint density at radius 3 is 2.08 bits per heavy atom. The molecule has 0 aliphatic heterocycles. The van der Waals surface area contributed by atoms with Crippen LogP contribution < -0.4 is 5.19 Å². The van der Waals surface area contributed by atoms with Crippen LogP contribution in [-0.4, -0.2) is 8.80 Å². The van der Waals surface area contributed by atoms with Crippen LogP contribution in [-0.2, 0) is 6.42 Å². The maximum absolute atomic E-state index is 2.40. The van der Waals surface area contributed by atoms with E-state index in [-0.39, 0.29) is 0 Å². The van der Waals surface area contributed by atoms with Gasteiger partial charge < -0.3 is 0 Å². The maximum Gasteiger partial charge on any atom is 0.0708 e.